The third-order valence-electron chi connectivity index (χ3n) is 9.34. The second-order valence-electron chi connectivity index (χ2n) is 14.0. The lowest BCUT2D eigenvalue weighted by Crippen LogP contribution is -2.51. The van der Waals surface area contributed by atoms with Gasteiger partial charge in [0.25, 0.3) is 0 Å². The van der Waals surface area contributed by atoms with Crippen molar-refractivity contribution in [3.05, 3.63) is 138 Å². The van der Waals surface area contributed by atoms with Crippen LogP contribution in [0, 0.1) is 0 Å². The molecule has 0 radical (unpaired) electrons. The minimum absolute atomic E-state index is 0.0275. The van der Waals surface area contributed by atoms with E-state index in [0.717, 1.165) is 28.0 Å². The lowest BCUT2D eigenvalue weighted by atomic mass is 10.0. The Morgan fingerprint density at radius 2 is 1.24 bits per heavy atom. The highest BCUT2D eigenvalue weighted by Gasteiger charge is 2.45. The Balaban J connectivity index is 1.47. The van der Waals surface area contributed by atoms with Gasteiger partial charge in [0, 0.05) is 5.56 Å². The SMILES string of the molecule is COc1ccc(C2=N[C@H](COCc3ccccc3)[C@H]([C@H](OCc3ccccc3)[C@H](CO[Si](C)(C)C(C)(C)C)OCc3ccccc3)O2)cc1. The molecule has 5 rings (SSSR count). The number of aliphatic imine (C=N–C) groups is 1. The van der Waals surface area contributed by atoms with Gasteiger partial charge < -0.3 is 28.1 Å². The number of rotatable bonds is 17. The number of nitrogens with zero attached hydrogens (tertiary/aromatic N) is 1. The predicted octanol–water partition coefficient (Wildman–Crippen LogP) is 8.62. The molecule has 0 saturated carbocycles. The highest BCUT2D eigenvalue weighted by atomic mass is 28.4. The van der Waals surface area contributed by atoms with E-state index >= 15 is 0 Å². The van der Waals surface area contributed by atoms with Crippen LogP contribution in [0.5, 0.6) is 5.75 Å². The predicted molar refractivity (Wildman–Crippen MR) is 197 cm³/mol. The van der Waals surface area contributed by atoms with Crippen LogP contribution in [0.4, 0.5) is 0 Å². The smallest absolute Gasteiger partial charge is 0.217 e. The Bertz CT molecular complexity index is 1580. The van der Waals surface area contributed by atoms with E-state index < -0.39 is 26.6 Å². The van der Waals surface area contributed by atoms with Gasteiger partial charge in [0.1, 0.15) is 24.0 Å². The van der Waals surface area contributed by atoms with E-state index in [0.29, 0.717) is 38.9 Å². The molecule has 1 aliphatic heterocycles. The highest BCUT2D eigenvalue weighted by molar-refractivity contribution is 6.74. The molecule has 0 saturated heterocycles. The van der Waals surface area contributed by atoms with Gasteiger partial charge in [0.2, 0.25) is 5.90 Å². The van der Waals surface area contributed by atoms with E-state index in [2.05, 4.69) is 70.3 Å². The summed E-state index contributed by atoms with van der Waals surface area (Å²) in [5.74, 6) is 1.31. The molecule has 1 heterocycles. The van der Waals surface area contributed by atoms with Gasteiger partial charge in [-0.3, -0.25) is 0 Å². The second-order valence-corrected chi connectivity index (χ2v) is 18.8. The first-order valence-electron chi connectivity index (χ1n) is 17.1. The van der Waals surface area contributed by atoms with Crippen molar-refractivity contribution < 1.29 is 28.1 Å². The van der Waals surface area contributed by atoms with Gasteiger partial charge in [-0.15, -0.1) is 0 Å². The van der Waals surface area contributed by atoms with Crippen LogP contribution in [0.2, 0.25) is 18.1 Å². The maximum Gasteiger partial charge on any atom is 0.217 e. The molecule has 8 heteroatoms. The Morgan fingerprint density at radius 3 is 1.78 bits per heavy atom. The average molecular weight is 682 g/mol. The van der Waals surface area contributed by atoms with E-state index in [1.807, 2.05) is 78.9 Å². The Kier molecular flexibility index (Phi) is 12.8. The van der Waals surface area contributed by atoms with Crippen molar-refractivity contribution in [1.82, 2.24) is 0 Å². The van der Waals surface area contributed by atoms with E-state index in [1.165, 1.54) is 0 Å². The molecular formula is C41H51NO6Si. The van der Waals surface area contributed by atoms with Gasteiger partial charge >= 0.3 is 0 Å². The van der Waals surface area contributed by atoms with Gasteiger partial charge in [0.15, 0.2) is 14.4 Å². The fourth-order valence-electron chi connectivity index (χ4n) is 5.33. The van der Waals surface area contributed by atoms with E-state index in [-0.39, 0.29) is 11.1 Å². The van der Waals surface area contributed by atoms with Gasteiger partial charge in [-0.05, 0) is 59.1 Å². The number of methoxy groups -OCH3 is 1. The first kappa shape index (κ1) is 36.5. The summed E-state index contributed by atoms with van der Waals surface area (Å²) in [6, 6.07) is 38.0. The molecule has 0 aromatic heterocycles. The van der Waals surface area contributed by atoms with Crippen LogP contribution in [0.15, 0.2) is 120 Å². The fourth-order valence-corrected chi connectivity index (χ4v) is 6.34. The molecule has 0 spiro atoms. The molecule has 0 aliphatic carbocycles. The summed E-state index contributed by atoms with van der Waals surface area (Å²) < 4.78 is 39.0. The molecule has 4 aromatic rings. The third kappa shape index (κ3) is 10.4. The van der Waals surface area contributed by atoms with Crippen LogP contribution in [0.1, 0.15) is 43.0 Å². The summed E-state index contributed by atoms with van der Waals surface area (Å²) in [5.41, 5.74) is 4.09. The van der Waals surface area contributed by atoms with Gasteiger partial charge in [-0.25, -0.2) is 4.99 Å². The zero-order valence-electron chi connectivity index (χ0n) is 29.7. The topological polar surface area (TPSA) is 67.7 Å². The van der Waals surface area contributed by atoms with Crippen molar-refractivity contribution in [3.63, 3.8) is 0 Å². The van der Waals surface area contributed by atoms with Crippen LogP contribution in [-0.2, 0) is 43.2 Å². The van der Waals surface area contributed by atoms with E-state index in [4.69, 9.17) is 33.1 Å². The van der Waals surface area contributed by atoms with Crippen molar-refractivity contribution >= 4 is 14.2 Å². The highest BCUT2D eigenvalue weighted by Crippen LogP contribution is 2.37. The lowest BCUT2D eigenvalue weighted by molar-refractivity contribution is -0.142. The zero-order chi connectivity index (χ0) is 34.7. The standard InChI is InChI=1S/C41H51NO6Si/c1-41(2,3)49(5,6)47-30-37(45-27-32-18-12-8-13-19-32)39(46-28-33-20-14-9-15-21-33)38-36(29-44-26-31-16-10-7-11-17-31)42-40(48-38)34-22-24-35(43-4)25-23-34/h7-25,36-39H,26-30H2,1-6H3/t36-,37+,38-,39-/m1/s1. The van der Waals surface area contributed by atoms with Crippen LogP contribution in [0.3, 0.4) is 0 Å². The average Bonchev–Trinajstić information content (AvgIpc) is 3.53. The monoisotopic (exact) mass is 681 g/mol. The van der Waals surface area contributed by atoms with Gasteiger partial charge in [-0.1, -0.05) is 112 Å². The maximum absolute atomic E-state index is 6.87. The Labute approximate surface area is 293 Å². The van der Waals surface area contributed by atoms with Crippen LogP contribution < -0.4 is 4.74 Å². The van der Waals surface area contributed by atoms with Crippen molar-refractivity contribution in [2.45, 2.75) is 83.1 Å². The van der Waals surface area contributed by atoms with E-state index in [1.54, 1.807) is 7.11 Å². The molecule has 0 unspecified atom stereocenters. The van der Waals surface area contributed by atoms with Crippen LogP contribution in [0.25, 0.3) is 0 Å². The molecule has 0 bridgehead atoms. The number of hydrogen-bond donors (Lipinski definition) is 0. The van der Waals surface area contributed by atoms with Crippen molar-refractivity contribution in [3.8, 4) is 5.75 Å². The summed E-state index contributed by atoms with van der Waals surface area (Å²) in [4.78, 5) is 5.11. The van der Waals surface area contributed by atoms with Crippen LogP contribution >= 0.6 is 0 Å². The van der Waals surface area contributed by atoms with Crippen molar-refractivity contribution in [2.75, 3.05) is 20.3 Å². The molecule has 49 heavy (non-hydrogen) atoms. The molecule has 4 atom stereocenters. The summed E-state index contributed by atoms with van der Waals surface area (Å²) >= 11 is 0. The van der Waals surface area contributed by atoms with Gasteiger partial charge in [0.05, 0.1) is 40.1 Å². The quantitative estimate of drug-likeness (QED) is 0.104. The number of ether oxygens (including phenoxy) is 5. The molecule has 7 nitrogen and oxygen atoms in total. The minimum atomic E-state index is -2.14. The van der Waals surface area contributed by atoms with E-state index in [9.17, 15) is 0 Å². The fraction of sp³-hybridized carbons (Fsp3) is 0.390. The number of benzene rings is 4. The first-order valence-corrected chi connectivity index (χ1v) is 20.0. The summed E-state index contributed by atoms with van der Waals surface area (Å²) in [5, 5.41) is 0.0275. The largest absolute Gasteiger partial charge is 0.497 e. The number of hydrogen-bond acceptors (Lipinski definition) is 7. The third-order valence-corrected chi connectivity index (χ3v) is 13.8. The van der Waals surface area contributed by atoms with Gasteiger partial charge in [-0.2, -0.15) is 0 Å². The van der Waals surface area contributed by atoms with Crippen molar-refractivity contribution in [1.29, 1.82) is 0 Å². The molecule has 1 aliphatic rings. The maximum atomic E-state index is 6.87. The molecule has 4 aromatic carbocycles. The summed E-state index contributed by atoms with van der Waals surface area (Å²) in [6.45, 7) is 13.2. The zero-order valence-corrected chi connectivity index (χ0v) is 30.7. The van der Waals surface area contributed by atoms with Crippen molar-refractivity contribution in [2.24, 2.45) is 4.99 Å². The normalized spacial score (nSPS) is 17.6. The molecule has 0 fully saturated rings. The Morgan fingerprint density at radius 1 is 0.714 bits per heavy atom. The molecule has 0 amide bonds. The lowest BCUT2D eigenvalue weighted by Gasteiger charge is -2.39. The molecule has 260 valence electrons. The first-order chi connectivity index (χ1) is 23.6. The minimum Gasteiger partial charge on any atom is -0.497 e. The molecular weight excluding hydrogens is 631 g/mol. The second kappa shape index (κ2) is 17.2. The Hall–Kier alpha value is -3.79. The summed E-state index contributed by atoms with van der Waals surface area (Å²) in [6.07, 6.45) is -1.48. The summed E-state index contributed by atoms with van der Waals surface area (Å²) in [7, 11) is -0.483. The molecule has 0 N–H and O–H groups in total. The van der Waals surface area contributed by atoms with Crippen LogP contribution in [-0.4, -0.2) is 58.9 Å².